The summed E-state index contributed by atoms with van der Waals surface area (Å²) >= 11 is 1.26. The van der Waals surface area contributed by atoms with Gasteiger partial charge in [0.1, 0.15) is 6.04 Å². The molecule has 29 heavy (non-hydrogen) atoms. The van der Waals surface area contributed by atoms with E-state index in [4.69, 9.17) is 10.5 Å². The molecule has 3 amide bonds. The van der Waals surface area contributed by atoms with Crippen molar-refractivity contribution in [1.29, 1.82) is 0 Å². The van der Waals surface area contributed by atoms with Crippen molar-refractivity contribution in [2.45, 2.75) is 32.9 Å². The van der Waals surface area contributed by atoms with Gasteiger partial charge in [0.15, 0.2) is 6.10 Å². The molecule has 8 nitrogen and oxygen atoms in total. The van der Waals surface area contributed by atoms with Crippen LogP contribution in [0.2, 0.25) is 0 Å². The van der Waals surface area contributed by atoms with Crippen molar-refractivity contribution < 1.29 is 23.9 Å². The van der Waals surface area contributed by atoms with Gasteiger partial charge < -0.3 is 21.1 Å². The number of ether oxygens (including phenoxy) is 1. The minimum Gasteiger partial charge on any atom is -0.451 e. The topological polar surface area (TPSA) is 128 Å². The van der Waals surface area contributed by atoms with Crippen LogP contribution < -0.4 is 16.4 Å². The highest BCUT2D eigenvalue weighted by molar-refractivity contribution is 7.12. The van der Waals surface area contributed by atoms with Gasteiger partial charge in [0.2, 0.25) is 5.91 Å². The molecule has 2 aromatic rings. The van der Waals surface area contributed by atoms with Gasteiger partial charge in [-0.2, -0.15) is 0 Å². The number of thiophene rings is 1. The van der Waals surface area contributed by atoms with E-state index in [1.165, 1.54) is 42.5 Å². The average Bonchev–Trinajstić information content (AvgIpc) is 3.20. The molecule has 1 heterocycles. The third kappa shape index (κ3) is 6.15. The summed E-state index contributed by atoms with van der Waals surface area (Å²) in [5.74, 6) is -2.42. The SMILES string of the molecule is CC(C)[C@H](NC(=O)c1cccs1)C(=O)O[C@@H](C)C(=O)Nc1ccc(C(N)=O)cc1. The van der Waals surface area contributed by atoms with E-state index in [2.05, 4.69) is 10.6 Å². The molecule has 0 unspecified atom stereocenters. The smallest absolute Gasteiger partial charge is 0.329 e. The van der Waals surface area contributed by atoms with Crippen LogP contribution in [0.3, 0.4) is 0 Å². The molecule has 0 aliphatic carbocycles. The summed E-state index contributed by atoms with van der Waals surface area (Å²) in [5.41, 5.74) is 5.91. The lowest BCUT2D eigenvalue weighted by atomic mass is 10.0. The first-order valence-corrected chi connectivity index (χ1v) is 9.82. The van der Waals surface area contributed by atoms with Gasteiger partial charge in [-0.05, 0) is 48.6 Å². The largest absolute Gasteiger partial charge is 0.451 e. The molecule has 0 aliphatic rings. The maximum absolute atomic E-state index is 12.5. The molecule has 0 saturated carbocycles. The summed E-state index contributed by atoms with van der Waals surface area (Å²) in [7, 11) is 0. The Morgan fingerprint density at radius 2 is 1.69 bits per heavy atom. The van der Waals surface area contributed by atoms with Crippen molar-refractivity contribution in [3.8, 4) is 0 Å². The van der Waals surface area contributed by atoms with E-state index in [0.29, 0.717) is 16.1 Å². The standard InChI is InChI=1S/C20H23N3O5S/c1-11(2)16(23-19(26)15-5-4-10-29-15)20(27)28-12(3)18(25)22-14-8-6-13(7-9-14)17(21)24/h4-12,16H,1-3H3,(H2,21,24)(H,22,25)(H,23,26)/t12-,16-/m0/s1. The Labute approximate surface area is 172 Å². The molecule has 4 N–H and O–H groups in total. The first-order chi connectivity index (χ1) is 13.7. The Kier molecular flexibility index (Phi) is 7.49. The molecule has 0 spiro atoms. The van der Waals surface area contributed by atoms with Crippen LogP contribution in [-0.4, -0.2) is 35.8 Å². The first-order valence-electron chi connectivity index (χ1n) is 8.94. The van der Waals surface area contributed by atoms with Crippen LogP contribution in [0.15, 0.2) is 41.8 Å². The lowest BCUT2D eigenvalue weighted by molar-refractivity contribution is -0.156. The number of hydrogen-bond donors (Lipinski definition) is 3. The molecular weight excluding hydrogens is 394 g/mol. The normalized spacial score (nSPS) is 12.7. The Hall–Kier alpha value is -3.20. The Balaban J connectivity index is 1.96. The predicted molar refractivity (Wildman–Crippen MR) is 110 cm³/mol. The van der Waals surface area contributed by atoms with Crippen molar-refractivity contribution >= 4 is 40.7 Å². The second-order valence-electron chi connectivity index (χ2n) is 6.68. The minimum absolute atomic E-state index is 0.233. The fraction of sp³-hybridized carbons (Fsp3) is 0.300. The highest BCUT2D eigenvalue weighted by atomic mass is 32.1. The summed E-state index contributed by atoms with van der Waals surface area (Å²) < 4.78 is 5.25. The average molecular weight is 417 g/mol. The number of primary amides is 1. The highest BCUT2D eigenvalue weighted by Crippen LogP contribution is 2.13. The maximum atomic E-state index is 12.5. The number of amides is 3. The van der Waals surface area contributed by atoms with Gasteiger partial charge >= 0.3 is 5.97 Å². The van der Waals surface area contributed by atoms with Crippen molar-refractivity contribution in [3.63, 3.8) is 0 Å². The Morgan fingerprint density at radius 3 is 2.21 bits per heavy atom. The fourth-order valence-electron chi connectivity index (χ4n) is 2.38. The van der Waals surface area contributed by atoms with Crippen LogP contribution in [0, 0.1) is 5.92 Å². The van der Waals surface area contributed by atoms with Gasteiger partial charge in [-0.1, -0.05) is 19.9 Å². The quantitative estimate of drug-likeness (QED) is 0.567. The molecule has 2 rings (SSSR count). The van der Waals surface area contributed by atoms with E-state index in [0.717, 1.165) is 0 Å². The zero-order chi connectivity index (χ0) is 21.6. The second kappa shape index (κ2) is 9.83. The van der Waals surface area contributed by atoms with Crippen molar-refractivity contribution in [1.82, 2.24) is 5.32 Å². The van der Waals surface area contributed by atoms with Crippen LogP contribution in [0.5, 0.6) is 0 Å². The molecule has 0 aliphatic heterocycles. The van der Waals surface area contributed by atoms with E-state index in [1.54, 1.807) is 31.4 Å². The number of nitrogens with one attached hydrogen (secondary N) is 2. The zero-order valence-electron chi connectivity index (χ0n) is 16.3. The van der Waals surface area contributed by atoms with Gasteiger partial charge in [-0.15, -0.1) is 11.3 Å². The zero-order valence-corrected chi connectivity index (χ0v) is 17.1. The number of benzene rings is 1. The second-order valence-corrected chi connectivity index (χ2v) is 7.63. The number of carbonyl (C=O) groups is 4. The van der Waals surface area contributed by atoms with Crippen LogP contribution in [-0.2, 0) is 14.3 Å². The van der Waals surface area contributed by atoms with Gasteiger partial charge in [0.05, 0.1) is 4.88 Å². The number of nitrogens with two attached hydrogens (primary N) is 1. The van der Waals surface area contributed by atoms with Crippen LogP contribution in [0.4, 0.5) is 5.69 Å². The van der Waals surface area contributed by atoms with Gasteiger partial charge in [0, 0.05) is 11.3 Å². The van der Waals surface area contributed by atoms with Crippen LogP contribution in [0.1, 0.15) is 40.8 Å². The van der Waals surface area contributed by atoms with Crippen molar-refractivity contribution in [2.24, 2.45) is 11.7 Å². The molecule has 1 aromatic carbocycles. The predicted octanol–water partition coefficient (Wildman–Crippen LogP) is 2.17. The maximum Gasteiger partial charge on any atom is 0.329 e. The van der Waals surface area contributed by atoms with Gasteiger partial charge in [-0.3, -0.25) is 14.4 Å². The molecular formula is C20H23N3O5S. The molecule has 0 radical (unpaired) electrons. The highest BCUT2D eigenvalue weighted by Gasteiger charge is 2.29. The van der Waals surface area contributed by atoms with Crippen molar-refractivity contribution in [3.05, 3.63) is 52.2 Å². The monoisotopic (exact) mass is 417 g/mol. The summed E-state index contributed by atoms with van der Waals surface area (Å²) in [6, 6.07) is 8.49. The third-order valence-corrected chi connectivity index (χ3v) is 4.92. The number of carbonyl (C=O) groups excluding carboxylic acids is 4. The molecule has 1 aromatic heterocycles. The van der Waals surface area contributed by atoms with Crippen LogP contribution >= 0.6 is 11.3 Å². The summed E-state index contributed by atoms with van der Waals surface area (Å²) in [5, 5.41) is 7.01. The molecule has 2 atom stereocenters. The van der Waals surface area contributed by atoms with Gasteiger partial charge in [-0.25, -0.2) is 4.79 Å². The van der Waals surface area contributed by atoms with E-state index in [-0.39, 0.29) is 11.8 Å². The molecule has 0 bridgehead atoms. The summed E-state index contributed by atoms with van der Waals surface area (Å²) in [6.45, 7) is 4.97. The van der Waals surface area contributed by atoms with E-state index in [1.807, 2.05) is 0 Å². The third-order valence-electron chi connectivity index (χ3n) is 4.05. The fourth-order valence-corrected chi connectivity index (χ4v) is 3.01. The number of esters is 1. The van der Waals surface area contributed by atoms with Crippen LogP contribution in [0.25, 0.3) is 0 Å². The van der Waals surface area contributed by atoms with E-state index < -0.39 is 29.9 Å². The minimum atomic E-state index is -1.08. The number of anilines is 1. The van der Waals surface area contributed by atoms with Crippen molar-refractivity contribution in [2.75, 3.05) is 5.32 Å². The lowest BCUT2D eigenvalue weighted by Gasteiger charge is -2.22. The number of hydrogen-bond acceptors (Lipinski definition) is 6. The molecule has 0 saturated heterocycles. The lowest BCUT2D eigenvalue weighted by Crippen LogP contribution is -2.47. The first kappa shape index (κ1) is 22.1. The Morgan fingerprint density at radius 1 is 1.03 bits per heavy atom. The number of rotatable bonds is 8. The Bertz CT molecular complexity index is 878. The van der Waals surface area contributed by atoms with E-state index in [9.17, 15) is 19.2 Å². The van der Waals surface area contributed by atoms with E-state index >= 15 is 0 Å². The summed E-state index contributed by atoms with van der Waals surface area (Å²) in [6.07, 6.45) is -1.08. The molecule has 9 heteroatoms. The molecule has 154 valence electrons. The summed E-state index contributed by atoms with van der Waals surface area (Å²) in [4.78, 5) is 48.6. The molecule has 0 fully saturated rings. The van der Waals surface area contributed by atoms with Gasteiger partial charge in [0.25, 0.3) is 11.8 Å².